The van der Waals surface area contributed by atoms with Gasteiger partial charge in [0.1, 0.15) is 11.5 Å². The average molecular weight is 446 g/mol. The van der Waals surface area contributed by atoms with Crippen molar-refractivity contribution in [2.75, 3.05) is 18.0 Å². The molecule has 0 radical (unpaired) electrons. The van der Waals surface area contributed by atoms with Gasteiger partial charge in [-0.25, -0.2) is 8.42 Å². The molecule has 3 aromatic carbocycles. The number of methoxy groups -OCH3 is 1. The molecule has 0 aromatic heterocycles. The predicted octanol–water partition coefficient (Wildman–Crippen LogP) is 4.46. The average Bonchev–Trinajstić information content (AvgIpc) is 2.73. The van der Waals surface area contributed by atoms with Crippen LogP contribution in [0.25, 0.3) is 0 Å². The summed E-state index contributed by atoms with van der Waals surface area (Å²) >= 11 is 5.88. The van der Waals surface area contributed by atoms with Crippen LogP contribution in [0.4, 0.5) is 5.69 Å². The number of hydrogen-bond donors (Lipinski definition) is 0. The van der Waals surface area contributed by atoms with E-state index in [9.17, 15) is 13.2 Å². The van der Waals surface area contributed by atoms with Gasteiger partial charge in [-0.05, 0) is 73.2 Å². The Bertz CT molecular complexity index is 1130. The van der Waals surface area contributed by atoms with Crippen LogP contribution in [0.15, 0.2) is 77.7 Å². The largest absolute Gasteiger partial charge is 0.497 e. The Balaban J connectivity index is 1.95. The summed E-state index contributed by atoms with van der Waals surface area (Å²) in [6, 6.07) is 18.9. The Morgan fingerprint density at radius 2 is 1.63 bits per heavy atom. The van der Waals surface area contributed by atoms with Crippen LogP contribution in [0.3, 0.4) is 0 Å². The second-order valence-corrected chi connectivity index (χ2v) is 8.64. The van der Waals surface area contributed by atoms with Crippen LogP contribution in [0.1, 0.15) is 5.56 Å². The lowest BCUT2D eigenvalue weighted by Gasteiger charge is -2.23. The zero-order valence-electron chi connectivity index (χ0n) is 16.4. The van der Waals surface area contributed by atoms with Crippen molar-refractivity contribution in [2.24, 2.45) is 0 Å². The SMILES string of the molecule is COc1ccc(N(C(=O)COc2cccc(C)c2)S(=O)(=O)c2ccc(Cl)cc2)cc1. The molecular formula is C22H20ClNO5S. The van der Waals surface area contributed by atoms with Gasteiger partial charge in [-0.2, -0.15) is 4.31 Å². The number of halogens is 1. The Labute approximate surface area is 180 Å². The first-order valence-electron chi connectivity index (χ1n) is 8.98. The third kappa shape index (κ3) is 4.93. The van der Waals surface area contributed by atoms with Crippen LogP contribution in [0, 0.1) is 6.92 Å². The second-order valence-electron chi connectivity index (χ2n) is 6.42. The maximum atomic E-state index is 13.3. The first-order valence-corrected chi connectivity index (χ1v) is 10.8. The summed E-state index contributed by atoms with van der Waals surface area (Å²) in [5.74, 6) is 0.268. The van der Waals surface area contributed by atoms with E-state index in [-0.39, 0.29) is 10.6 Å². The van der Waals surface area contributed by atoms with E-state index in [2.05, 4.69) is 0 Å². The van der Waals surface area contributed by atoms with E-state index in [1.165, 1.54) is 43.5 Å². The third-order valence-corrected chi connectivity index (χ3v) is 6.25. The minimum Gasteiger partial charge on any atom is -0.497 e. The van der Waals surface area contributed by atoms with Crippen molar-refractivity contribution in [2.45, 2.75) is 11.8 Å². The lowest BCUT2D eigenvalue weighted by molar-refractivity contribution is -0.119. The Kier molecular flexibility index (Phi) is 6.64. The molecule has 0 atom stereocenters. The van der Waals surface area contributed by atoms with E-state index in [0.29, 0.717) is 16.5 Å². The highest BCUT2D eigenvalue weighted by Gasteiger charge is 2.31. The van der Waals surface area contributed by atoms with E-state index >= 15 is 0 Å². The van der Waals surface area contributed by atoms with Crippen LogP contribution in [-0.2, 0) is 14.8 Å². The highest BCUT2D eigenvalue weighted by atomic mass is 35.5. The topological polar surface area (TPSA) is 72.9 Å². The first kappa shape index (κ1) is 21.7. The molecule has 0 heterocycles. The molecule has 6 nitrogen and oxygen atoms in total. The van der Waals surface area contributed by atoms with Crippen LogP contribution >= 0.6 is 11.6 Å². The molecule has 0 bridgehead atoms. The summed E-state index contributed by atoms with van der Waals surface area (Å²) < 4.78 is 38.0. The number of hydrogen-bond acceptors (Lipinski definition) is 5. The fourth-order valence-electron chi connectivity index (χ4n) is 2.76. The van der Waals surface area contributed by atoms with Crippen molar-refractivity contribution in [1.29, 1.82) is 0 Å². The minimum atomic E-state index is -4.20. The summed E-state index contributed by atoms with van der Waals surface area (Å²) in [5, 5.41) is 0.388. The number of carbonyl (C=O) groups excluding carboxylic acids is 1. The molecular weight excluding hydrogens is 426 g/mol. The Hall–Kier alpha value is -3.03. The molecule has 3 rings (SSSR count). The molecule has 0 spiro atoms. The van der Waals surface area contributed by atoms with E-state index in [1.54, 1.807) is 30.3 Å². The highest BCUT2D eigenvalue weighted by Crippen LogP contribution is 2.27. The monoisotopic (exact) mass is 445 g/mol. The Morgan fingerprint density at radius 3 is 2.23 bits per heavy atom. The van der Waals surface area contributed by atoms with Gasteiger partial charge in [0.25, 0.3) is 15.9 Å². The van der Waals surface area contributed by atoms with Crippen LogP contribution in [0.5, 0.6) is 11.5 Å². The van der Waals surface area contributed by atoms with Crippen molar-refractivity contribution in [3.8, 4) is 11.5 Å². The lowest BCUT2D eigenvalue weighted by atomic mass is 10.2. The van der Waals surface area contributed by atoms with Gasteiger partial charge in [-0.1, -0.05) is 23.7 Å². The molecule has 8 heteroatoms. The van der Waals surface area contributed by atoms with Crippen LogP contribution in [-0.4, -0.2) is 28.0 Å². The van der Waals surface area contributed by atoms with Gasteiger partial charge in [-0.15, -0.1) is 0 Å². The van der Waals surface area contributed by atoms with Gasteiger partial charge in [0, 0.05) is 5.02 Å². The summed E-state index contributed by atoms with van der Waals surface area (Å²) in [4.78, 5) is 12.9. The van der Waals surface area contributed by atoms with E-state index in [0.717, 1.165) is 9.87 Å². The fourth-order valence-corrected chi connectivity index (χ4v) is 4.29. The number of ether oxygens (including phenoxy) is 2. The highest BCUT2D eigenvalue weighted by molar-refractivity contribution is 7.93. The normalized spacial score (nSPS) is 11.0. The molecule has 156 valence electrons. The van der Waals surface area contributed by atoms with E-state index < -0.39 is 22.5 Å². The number of sulfonamides is 1. The van der Waals surface area contributed by atoms with Gasteiger partial charge in [-0.3, -0.25) is 4.79 Å². The molecule has 0 saturated heterocycles. The molecule has 0 N–H and O–H groups in total. The van der Waals surface area contributed by atoms with Crippen molar-refractivity contribution >= 4 is 33.2 Å². The maximum Gasteiger partial charge on any atom is 0.278 e. The third-order valence-electron chi connectivity index (χ3n) is 4.24. The molecule has 0 saturated carbocycles. The van der Waals surface area contributed by atoms with E-state index in [4.69, 9.17) is 21.1 Å². The molecule has 0 fully saturated rings. The number of rotatable bonds is 7. The maximum absolute atomic E-state index is 13.3. The van der Waals surface area contributed by atoms with Crippen molar-refractivity contribution < 1.29 is 22.7 Å². The molecule has 0 aliphatic carbocycles. The van der Waals surface area contributed by atoms with Gasteiger partial charge in [0.2, 0.25) is 0 Å². The molecule has 3 aromatic rings. The Morgan fingerprint density at radius 1 is 0.967 bits per heavy atom. The van der Waals surface area contributed by atoms with E-state index in [1.807, 2.05) is 13.0 Å². The minimum absolute atomic E-state index is 0.0633. The molecule has 30 heavy (non-hydrogen) atoms. The predicted molar refractivity (Wildman–Crippen MR) is 116 cm³/mol. The molecule has 0 aliphatic rings. The standard InChI is InChI=1S/C22H20ClNO5S/c1-16-4-3-5-20(14-16)29-15-22(25)24(18-8-10-19(28-2)11-9-18)30(26,27)21-12-6-17(23)7-13-21/h3-14H,15H2,1-2H3. The zero-order valence-corrected chi connectivity index (χ0v) is 18.0. The summed E-state index contributed by atoms with van der Waals surface area (Å²) in [7, 11) is -2.70. The summed E-state index contributed by atoms with van der Waals surface area (Å²) in [6.07, 6.45) is 0. The number of carbonyl (C=O) groups is 1. The quantitative estimate of drug-likeness (QED) is 0.537. The van der Waals surface area contributed by atoms with Gasteiger partial charge in [0.15, 0.2) is 6.61 Å². The van der Waals surface area contributed by atoms with Crippen molar-refractivity contribution in [3.63, 3.8) is 0 Å². The number of amides is 1. The number of aryl methyl sites for hydroxylation is 1. The molecule has 0 aliphatic heterocycles. The van der Waals surface area contributed by atoms with Gasteiger partial charge >= 0.3 is 0 Å². The fraction of sp³-hybridized carbons (Fsp3) is 0.136. The van der Waals surface area contributed by atoms with Gasteiger partial charge < -0.3 is 9.47 Å². The molecule has 0 unspecified atom stereocenters. The number of benzene rings is 3. The summed E-state index contributed by atoms with van der Waals surface area (Å²) in [5.41, 5.74) is 1.13. The van der Waals surface area contributed by atoms with Crippen molar-refractivity contribution in [1.82, 2.24) is 0 Å². The molecule has 1 amide bonds. The second kappa shape index (κ2) is 9.19. The van der Waals surface area contributed by atoms with Crippen molar-refractivity contribution in [3.05, 3.63) is 83.4 Å². The first-order chi connectivity index (χ1) is 14.3. The van der Waals surface area contributed by atoms with Crippen LogP contribution < -0.4 is 13.8 Å². The zero-order chi connectivity index (χ0) is 21.7. The lowest BCUT2D eigenvalue weighted by Crippen LogP contribution is -2.40. The number of nitrogens with zero attached hydrogens (tertiary/aromatic N) is 1. The summed E-state index contributed by atoms with van der Waals surface area (Å²) in [6.45, 7) is 1.44. The van der Waals surface area contributed by atoms with Gasteiger partial charge in [0.05, 0.1) is 17.7 Å². The number of anilines is 1. The smallest absolute Gasteiger partial charge is 0.278 e. The van der Waals surface area contributed by atoms with Crippen LogP contribution in [0.2, 0.25) is 5.02 Å².